The van der Waals surface area contributed by atoms with E-state index in [1.165, 1.54) is 24.3 Å². The second-order valence-corrected chi connectivity index (χ2v) is 7.89. The molecule has 184 valence electrons. The number of hydrogen-bond donors (Lipinski definition) is 2. The molecule has 2 amide bonds. The van der Waals surface area contributed by atoms with Crippen molar-refractivity contribution in [1.82, 2.24) is 4.98 Å². The number of nitrogens with zero attached hydrogens (tertiary/aromatic N) is 1. The second kappa shape index (κ2) is 10.0. The number of alkyl halides is 3. The van der Waals surface area contributed by atoms with Crippen LogP contribution in [0, 0.1) is 11.6 Å². The molecule has 0 bridgehead atoms. The summed E-state index contributed by atoms with van der Waals surface area (Å²) in [6.07, 6.45) is -7.25. The van der Waals surface area contributed by atoms with Crippen molar-refractivity contribution in [3.63, 3.8) is 0 Å². The molecule has 13 heteroatoms. The highest BCUT2D eigenvalue weighted by Gasteiger charge is 2.39. The van der Waals surface area contributed by atoms with Crippen LogP contribution in [-0.4, -0.2) is 29.1 Å². The third kappa shape index (κ3) is 5.80. The number of rotatable bonds is 6. The van der Waals surface area contributed by atoms with Gasteiger partial charge in [-0.1, -0.05) is 29.3 Å². The summed E-state index contributed by atoms with van der Waals surface area (Å²) < 4.78 is 73.5. The molecular formula is C22H14Cl2F5N3O3. The molecule has 0 aliphatic rings. The van der Waals surface area contributed by atoms with E-state index < -0.39 is 64.0 Å². The Labute approximate surface area is 204 Å². The van der Waals surface area contributed by atoms with Gasteiger partial charge in [0.15, 0.2) is 6.10 Å². The largest absolute Gasteiger partial charge is 0.480 e. The normalized spacial score (nSPS) is 12.2. The van der Waals surface area contributed by atoms with E-state index in [1.807, 2.05) is 0 Å². The van der Waals surface area contributed by atoms with Crippen molar-refractivity contribution in [2.75, 3.05) is 5.32 Å². The highest BCUT2D eigenvalue weighted by Crippen LogP contribution is 2.35. The SMILES string of the molecule is CC(Oc1cc(-c2ccc(Cl)c(C(N)=O)n2)c(F)cc1C(=O)Nc1c(F)cccc1Cl)C(F)(F)F. The Hall–Kier alpha value is -3.44. The van der Waals surface area contributed by atoms with Crippen molar-refractivity contribution >= 4 is 40.7 Å². The highest BCUT2D eigenvalue weighted by atomic mass is 35.5. The number of amides is 2. The Morgan fingerprint density at radius 1 is 1.06 bits per heavy atom. The lowest BCUT2D eigenvalue weighted by Gasteiger charge is -2.21. The Bertz CT molecular complexity index is 1300. The van der Waals surface area contributed by atoms with E-state index in [0.29, 0.717) is 13.0 Å². The van der Waals surface area contributed by atoms with Crippen LogP contribution in [0.4, 0.5) is 27.6 Å². The number of hydrogen-bond acceptors (Lipinski definition) is 4. The molecule has 0 saturated carbocycles. The number of carbonyl (C=O) groups is 2. The number of carbonyl (C=O) groups excluding carboxylic acids is 2. The van der Waals surface area contributed by atoms with Gasteiger partial charge in [-0.25, -0.2) is 13.8 Å². The number of nitrogens with two attached hydrogens (primary N) is 1. The number of benzene rings is 2. The van der Waals surface area contributed by atoms with Crippen molar-refractivity contribution in [2.45, 2.75) is 19.2 Å². The van der Waals surface area contributed by atoms with Crippen molar-refractivity contribution in [3.05, 3.63) is 75.4 Å². The standard InChI is InChI=1S/C22H14Cl2F5N3O3/c1-9(22(27,28)29)35-17-8-10(16-6-5-13(24)19(31-16)20(30)33)15(26)7-11(17)21(34)32-18-12(23)3-2-4-14(18)25/h2-9H,1H3,(H2,30,33)(H,32,34). The summed E-state index contributed by atoms with van der Waals surface area (Å²) >= 11 is 11.7. The first-order valence-corrected chi connectivity index (χ1v) is 10.3. The lowest BCUT2D eigenvalue weighted by atomic mass is 10.0. The molecule has 1 aromatic heterocycles. The predicted molar refractivity (Wildman–Crippen MR) is 119 cm³/mol. The van der Waals surface area contributed by atoms with Crippen LogP contribution in [-0.2, 0) is 0 Å². The topological polar surface area (TPSA) is 94.3 Å². The van der Waals surface area contributed by atoms with E-state index in [2.05, 4.69) is 10.3 Å². The molecule has 2 aromatic carbocycles. The van der Waals surface area contributed by atoms with Crippen molar-refractivity contribution in [2.24, 2.45) is 5.73 Å². The number of aromatic nitrogens is 1. The van der Waals surface area contributed by atoms with Gasteiger partial charge in [0.25, 0.3) is 11.8 Å². The van der Waals surface area contributed by atoms with Gasteiger partial charge in [0.2, 0.25) is 0 Å². The van der Waals surface area contributed by atoms with Crippen molar-refractivity contribution in [3.8, 4) is 17.0 Å². The molecule has 6 nitrogen and oxygen atoms in total. The fourth-order valence-electron chi connectivity index (χ4n) is 2.84. The van der Waals surface area contributed by atoms with E-state index in [4.69, 9.17) is 33.7 Å². The summed E-state index contributed by atoms with van der Waals surface area (Å²) in [5, 5.41) is 1.76. The third-order valence-electron chi connectivity index (χ3n) is 4.64. The van der Waals surface area contributed by atoms with Gasteiger partial charge in [0.1, 0.15) is 23.1 Å². The molecule has 0 aliphatic heterocycles. The third-order valence-corrected chi connectivity index (χ3v) is 5.26. The average Bonchev–Trinajstić information content (AvgIpc) is 2.76. The minimum absolute atomic E-state index is 0.137. The smallest absolute Gasteiger partial charge is 0.425 e. The van der Waals surface area contributed by atoms with Crippen LogP contribution < -0.4 is 15.8 Å². The summed E-state index contributed by atoms with van der Waals surface area (Å²) in [5.74, 6) is -4.98. The van der Waals surface area contributed by atoms with E-state index in [9.17, 15) is 27.2 Å². The Balaban J connectivity index is 2.13. The maximum atomic E-state index is 15.0. The number of ether oxygens (including phenoxy) is 1. The van der Waals surface area contributed by atoms with Gasteiger partial charge in [-0.2, -0.15) is 13.2 Å². The van der Waals surface area contributed by atoms with Crippen molar-refractivity contribution in [1.29, 1.82) is 0 Å². The number of para-hydroxylation sites is 1. The molecule has 1 unspecified atom stereocenters. The van der Waals surface area contributed by atoms with Gasteiger partial charge >= 0.3 is 6.18 Å². The number of nitrogens with one attached hydrogen (secondary N) is 1. The van der Waals surface area contributed by atoms with Crippen LogP contribution in [0.1, 0.15) is 27.8 Å². The van der Waals surface area contributed by atoms with E-state index in [1.54, 1.807) is 0 Å². The summed E-state index contributed by atoms with van der Waals surface area (Å²) in [6.45, 7) is 0.671. The lowest BCUT2D eigenvalue weighted by Crippen LogP contribution is -2.32. The minimum Gasteiger partial charge on any atom is -0.480 e. The predicted octanol–water partition coefficient (Wildman–Crippen LogP) is 6.01. The van der Waals surface area contributed by atoms with Gasteiger partial charge in [-0.15, -0.1) is 0 Å². The molecule has 0 saturated heterocycles. The molecule has 0 fully saturated rings. The fraction of sp³-hybridized carbons (Fsp3) is 0.136. The van der Waals surface area contributed by atoms with Crippen LogP contribution in [0.3, 0.4) is 0 Å². The Morgan fingerprint density at radius 2 is 1.74 bits per heavy atom. The number of halogens is 7. The van der Waals surface area contributed by atoms with Crippen LogP contribution in [0.25, 0.3) is 11.3 Å². The molecule has 0 spiro atoms. The molecule has 3 aromatic rings. The summed E-state index contributed by atoms with van der Waals surface area (Å²) in [5.41, 5.74) is 2.96. The van der Waals surface area contributed by atoms with Crippen LogP contribution in [0.2, 0.25) is 10.0 Å². The lowest BCUT2D eigenvalue weighted by molar-refractivity contribution is -0.189. The number of primary amides is 1. The molecule has 0 aliphatic carbocycles. The second-order valence-electron chi connectivity index (χ2n) is 7.07. The zero-order valence-electron chi connectivity index (χ0n) is 17.5. The molecule has 3 rings (SSSR count). The van der Waals surface area contributed by atoms with Gasteiger partial charge in [-0.05, 0) is 43.3 Å². The van der Waals surface area contributed by atoms with E-state index in [-0.39, 0.29) is 15.7 Å². The first kappa shape index (κ1) is 26.2. The first-order chi connectivity index (χ1) is 16.3. The maximum Gasteiger partial charge on any atom is 0.425 e. The first-order valence-electron chi connectivity index (χ1n) is 9.58. The molecule has 35 heavy (non-hydrogen) atoms. The van der Waals surface area contributed by atoms with Crippen LogP contribution in [0.5, 0.6) is 5.75 Å². The molecule has 1 atom stereocenters. The summed E-state index contributed by atoms with van der Waals surface area (Å²) in [6, 6.07) is 7.24. The van der Waals surface area contributed by atoms with E-state index >= 15 is 4.39 Å². The zero-order valence-corrected chi connectivity index (χ0v) is 19.0. The fourth-order valence-corrected chi connectivity index (χ4v) is 3.25. The van der Waals surface area contributed by atoms with Gasteiger partial charge in [0, 0.05) is 5.56 Å². The maximum absolute atomic E-state index is 15.0. The molecule has 0 radical (unpaired) electrons. The Kier molecular flexibility index (Phi) is 7.51. The van der Waals surface area contributed by atoms with E-state index in [0.717, 1.165) is 12.1 Å². The average molecular weight is 534 g/mol. The minimum atomic E-state index is -4.84. The molecule has 1 heterocycles. The van der Waals surface area contributed by atoms with Gasteiger partial charge < -0.3 is 15.8 Å². The molecule has 3 N–H and O–H groups in total. The van der Waals surface area contributed by atoms with Crippen LogP contribution in [0.15, 0.2) is 42.5 Å². The summed E-state index contributed by atoms with van der Waals surface area (Å²) in [7, 11) is 0. The number of pyridine rings is 1. The van der Waals surface area contributed by atoms with Gasteiger partial charge in [-0.3, -0.25) is 9.59 Å². The zero-order chi connectivity index (χ0) is 26.1. The van der Waals surface area contributed by atoms with Crippen molar-refractivity contribution < 1.29 is 36.3 Å². The van der Waals surface area contributed by atoms with Gasteiger partial charge in [0.05, 0.1) is 27.0 Å². The Morgan fingerprint density at radius 3 is 2.34 bits per heavy atom. The quantitative estimate of drug-likeness (QED) is 0.379. The summed E-state index contributed by atoms with van der Waals surface area (Å²) in [4.78, 5) is 28.2. The number of anilines is 1. The van der Waals surface area contributed by atoms with Crippen LogP contribution >= 0.6 is 23.2 Å². The monoisotopic (exact) mass is 533 g/mol. The molecular weight excluding hydrogens is 520 g/mol. The highest BCUT2D eigenvalue weighted by molar-refractivity contribution is 6.34.